The third kappa shape index (κ3) is 20.7. The van der Waals surface area contributed by atoms with Crippen LogP contribution >= 0.6 is 0 Å². The Morgan fingerprint density at radius 2 is 0.212 bits per heavy atom. The van der Waals surface area contributed by atoms with Crippen molar-refractivity contribution in [2.45, 2.75) is 41.5 Å². The number of rotatable bonds is 24. The Hall–Kier alpha value is -18.1. The topological polar surface area (TPSA) is 316 Å². The predicted molar refractivity (Wildman–Crippen MR) is 488 cm³/mol. The largest absolute Gasteiger partial charge is 0.427 e. The van der Waals surface area contributed by atoms with Crippen molar-refractivity contribution in [3.63, 3.8) is 0 Å². The van der Waals surface area contributed by atoms with Gasteiger partial charge in [-0.2, -0.15) is 0 Å². The molecule has 0 saturated heterocycles. The van der Waals surface area contributed by atoms with Gasteiger partial charge in [-0.25, -0.2) is 28.8 Å². The van der Waals surface area contributed by atoms with E-state index in [1.54, 1.807) is 218 Å². The summed E-state index contributed by atoms with van der Waals surface area (Å²) < 4.78 is 68.9. The molecule has 0 aromatic heterocycles. The summed E-state index contributed by atoms with van der Waals surface area (Å²) in [5.41, 5.74) is 5.66. The van der Waals surface area contributed by atoms with Crippen LogP contribution in [0.1, 0.15) is 104 Å². The summed E-state index contributed by atoms with van der Waals surface area (Å²) in [5.74, 6) is -7.87. The first-order chi connectivity index (χ1) is 63.7. The van der Waals surface area contributed by atoms with Crippen molar-refractivity contribution < 1.29 is 114 Å². The molecule has 0 aliphatic carbocycles. The molecule has 0 aliphatic heterocycles. The van der Waals surface area contributed by atoms with Gasteiger partial charge in [-0.05, 0) is 281 Å². The van der Waals surface area contributed by atoms with Crippen molar-refractivity contribution in [2.24, 2.45) is 0 Å². The molecule has 0 radical (unpaired) electrons. The maximum absolute atomic E-state index is 15.7. The van der Waals surface area contributed by atoms with Crippen molar-refractivity contribution in [1.29, 1.82) is 0 Å². The summed E-state index contributed by atoms with van der Waals surface area (Å²) in [6.07, 6.45) is 0. The highest BCUT2D eigenvalue weighted by atomic mass is 16.6. The lowest BCUT2D eigenvalue weighted by atomic mass is 9.87. The van der Waals surface area contributed by atoms with E-state index in [0.29, 0.717) is 101 Å². The van der Waals surface area contributed by atoms with Crippen LogP contribution in [0, 0.1) is 0 Å². The summed E-state index contributed by atoms with van der Waals surface area (Å²) in [7, 11) is 0. The van der Waals surface area contributed by atoms with Gasteiger partial charge in [-0.15, -0.1) is 0 Å². The Morgan fingerprint density at radius 3 is 0.295 bits per heavy atom. The summed E-state index contributed by atoms with van der Waals surface area (Å²) in [5, 5.41) is 0.330. The van der Waals surface area contributed by atoms with Gasteiger partial charge in [0.05, 0.1) is 33.4 Å². The highest BCUT2D eigenvalue weighted by molar-refractivity contribution is 6.30. The molecule has 0 unspecified atom stereocenters. The molecule has 0 fully saturated rings. The van der Waals surface area contributed by atoms with Gasteiger partial charge in [0.2, 0.25) is 0 Å². The van der Waals surface area contributed by atoms with Crippen LogP contribution in [0.4, 0.5) is 0 Å². The van der Waals surface area contributed by atoms with E-state index in [1.807, 2.05) is 0 Å². The lowest BCUT2D eigenvalue weighted by Crippen LogP contribution is -2.19. The average Bonchev–Trinajstić information content (AvgIpc) is 0.714. The summed E-state index contributed by atoms with van der Waals surface area (Å²) in [4.78, 5) is 165. The van der Waals surface area contributed by atoms with E-state index >= 15 is 28.8 Å². The second-order valence-electron chi connectivity index (χ2n) is 30.0. The van der Waals surface area contributed by atoms with E-state index in [2.05, 4.69) is 0 Å². The molecular formula is C108H72O24. The van der Waals surface area contributed by atoms with Gasteiger partial charge < -0.3 is 56.8 Å². The fraction of sp³-hybridized carbons (Fsp3) is 0.0556. The summed E-state index contributed by atoms with van der Waals surface area (Å²) >= 11 is 0. The molecule has 0 heterocycles. The van der Waals surface area contributed by atoms with E-state index in [-0.39, 0.29) is 66.8 Å². The van der Waals surface area contributed by atoms with E-state index in [9.17, 15) is 28.8 Å². The molecule has 0 spiro atoms. The van der Waals surface area contributed by atoms with Gasteiger partial charge in [-0.3, -0.25) is 28.8 Å². The second-order valence-corrected chi connectivity index (χ2v) is 30.0. The monoisotopic (exact) mass is 1750 g/mol. The zero-order chi connectivity index (χ0) is 92.4. The van der Waals surface area contributed by atoms with Gasteiger partial charge in [0.1, 0.15) is 69.0 Å². The molecular weight excluding hydrogens is 1680 g/mol. The number of carbonyl (C=O) groups excluding carboxylic acids is 12. The van der Waals surface area contributed by atoms with E-state index in [4.69, 9.17) is 56.8 Å². The zero-order valence-corrected chi connectivity index (χ0v) is 71.0. The van der Waals surface area contributed by atoms with Crippen LogP contribution in [-0.2, 0) is 28.8 Å². The van der Waals surface area contributed by atoms with Gasteiger partial charge in [0, 0.05) is 41.5 Å². The van der Waals surface area contributed by atoms with Crippen LogP contribution in [0.2, 0.25) is 0 Å². The highest BCUT2D eigenvalue weighted by Crippen LogP contribution is 2.43. The lowest BCUT2D eigenvalue weighted by Gasteiger charge is -2.19. The molecule has 0 saturated carbocycles. The molecule has 0 N–H and O–H groups in total. The van der Waals surface area contributed by atoms with Gasteiger partial charge in [-0.1, -0.05) is 146 Å². The fourth-order valence-corrected chi connectivity index (χ4v) is 14.7. The van der Waals surface area contributed by atoms with Gasteiger partial charge in [0.25, 0.3) is 0 Å². The molecule has 0 amide bonds. The van der Waals surface area contributed by atoms with E-state index in [1.165, 1.54) is 151 Å². The number of ether oxygens (including phenoxy) is 12. The number of hydrogen-bond donors (Lipinski definition) is 0. The molecule has 16 aromatic rings. The molecule has 132 heavy (non-hydrogen) atoms. The van der Waals surface area contributed by atoms with E-state index in [0.717, 1.165) is 0 Å². The predicted octanol–water partition coefficient (Wildman–Crippen LogP) is 22.0. The standard InChI is InChI=1S/C108H72O24/c1-61(109)121-79-31-7-67(8-32-79)73-19-43-85(44-20-73)127-103(115)97-55-91-92(56-98(97)104(116)128-86-45-21-74(22-46-86)68-9-33-80(34-10-68)122-62(2)110)94-58-100(106(118)130-88-49-25-76(26-50-88)70-13-37-82(38-14-70)124-64(4)112)102(108(120)132-90-53-29-78(30-54-90)72-17-41-84(42-18-72)126-66(6)114)60-96(94)95-59-101(107(119)131-89-51-27-77(28-52-89)71-15-39-83(40-16-71)125-65(5)113)99(57-93(91)95)105(117)129-87-47-23-75(24-48-87)69-11-35-81(36-12-69)123-63(3)111/h7-60H,1-6H3. The molecule has 16 aromatic carbocycles. The van der Waals surface area contributed by atoms with Gasteiger partial charge >= 0.3 is 71.6 Å². The maximum atomic E-state index is 15.7. The van der Waals surface area contributed by atoms with Crippen molar-refractivity contribution >= 4 is 104 Å². The molecule has 648 valence electrons. The third-order valence-corrected chi connectivity index (χ3v) is 20.7. The Kier molecular flexibility index (Phi) is 25.4. The highest BCUT2D eigenvalue weighted by Gasteiger charge is 2.31. The third-order valence-electron chi connectivity index (χ3n) is 20.7. The quantitative estimate of drug-likeness (QED) is 0.0308. The zero-order valence-electron chi connectivity index (χ0n) is 71.0. The summed E-state index contributed by atoms with van der Waals surface area (Å²) in [6.45, 7) is 7.70. The molecule has 24 nitrogen and oxygen atoms in total. The number of carbonyl (C=O) groups is 12. The van der Waals surface area contributed by atoms with Crippen LogP contribution in [0.5, 0.6) is 69.0 Å². The minimum absolute atomic E-state index is 0.00200. The normalized spacial score (nSPS) is 10.9. The number of benzene rings is 16. The maximum Gasteiger partial charge on any atom is 0.344 e. The average molecular weight is 1750 g/mol. The van der Waals surface area contributed by atoms with Crippen LogP contribution in [-0.4, -0.2) is 71.6 Å². The Morgan fingerprint density at radius 1 is 0.129 bits per heavy atom. The van der Waals surface area contributed by atoms with Crippen molar-refractivity contribution in [2.75, 3.05) is 0 Å². The number of fused-ring (bicyclic) bond motifs is 6. The Balaban J connectivity index is 0.889. The molecule has 0 aliphatic rings. The first kappa shape index (κ1) is 87.4. The minimum atomic E-state index is -1.12. The van der Waals surface area contributed by atoms with Crippen molar-refractivity contribution in [1.82, 2.24) is 0 Å². The lowest BCUT2D eigenvalue weighted by molar-refractivity contribution is -0.132. The van der Waals surface area contributed by atoms with Crippen LogP contribution in [0.25, 0.3) is 99.1 Å². The van der Waals surface area contributed by atoms with E-state index < -0.39 is 105 Å². The fourth-order valence-electron chi connectivity index (χ4n) is 14.7. The molecule has 0 bridgehead atoms. The van der Waals surface area contributed by atoms with Crippen LogP contribution in [0.15, 0.2) is 328 Å². The summed E-state index contributed by atoms with van der Waals surface area (Å²) in [6, 6.07) is 86.5. The number of hydrogen-bond acceptors (Lipinski definition) is 24. The molecule has 0 atom stereocenters. The Bertz CT molecular complexity index is 6100. The first-order valence-electron chi connectivity index (χ1n) is 40.9. The SMILES string of the molecule is CC(=O)Oc1ccc(-c2ccc(OC(=O)c3cc4c5cc(C(=O)Oc6ccc(-c7ccc(OC(C)=O)cc7)cc6)c(C(=O)Oc6ccc(-c7ccc(OC(C)=O)cc7)cc6)cc5c5cc(C(=O)Oc6ccc(-c7ccc(OC(C)=O)cc7)cc6)c(C(=O)Oc6ccc(-c7ccc(OC(C)=O)cc7)cc6)cc5c4cc3C(=O)Oc3ccc(-c4ccc(OC(C)=O)cc4)cc3)cc2)cc1. The molecule has 16 rings (SSSR count). The van der Waals surface area contributed by atoms with Crippen molar-refractivity contribution in [3.05, 3.63) is 361 Å². The smallest absolute Gasteiger partial charge is 0.344 e. The minimum Gasteiger partial charge on any atom is -0.427 e. The van der Waals surface area contributed by atoms with Crippen molar-refractivity contribution in [3.8, 4) is 136 Å². The van der Waals surface area contributed by atoms with Crippen LogP contribution < -0.4 is 56.8 Å². The number of esters is 12. The molecule has 24 heteroatoms. The first-order valence-corrected chi connectivity index (χ1v) is 40.9. The second kappa shape index (κ2) is 38.4. The van der Waals surface area contributed by atoms with Crippen LogP contribution in [0.3, 0.4) is 0 Å². The van der Waals surface area contributed by atoms with Gasteiger partial charge in [0.15, 0.2) is 0 Å². The Labute approximate surface area is 752 Å².